The highest BCUT2D eigenvalue weighted by Crippen LogP contribution is 2.30. The van der Waals surface area contributed by atoms with E-state index < -0.39 is 0 Å². The van der Waals surface area contributed by atoms with Gasteiger partial charge in [-0.05, 0) is 36.5 Å². The molecule has 2 unspecified atom stereocenters. The third kappa shape index (κ3) is 3.38. The first-order valence-corrected chi connectivity index (χ1v) is 7.25. The summed E-state index contributed by atoms with van der Waals surface area (Å²) >= 11 is 3.43. The van der Waals surface area contributed by atoms with E-state index in [1.54, 1.807) is 0 Å². The molecule has 1 aromatic carbocycles. The van der Waals surface area contributed by atoms with Crippen molar-refractivity contribution in [2.75, 3.05) is 17.6 Å². The molecule has 0 aliphatic heterocycles. The van der Waals surface area contributed by atoms with E-state index in [2.05, 4.69) is 28.2 Å². The molecule has 0 aromatic heterocycles. The summed E-state index contributed by atoms with van der Waals surface area (Å²) in [5.74, 6) is 1.64. The van der Waals surface area contributed by atoms with E-state index >= 15 is 0 Å². The minimum atomic E-state index is 0.798. The third-order valence-electron chi connectivity index (χ3n) is 3.86. The van der Waals surface area contributed by atoms with Crippen molar-refractivity contribution in [3.05, 3.63) is 22.7 Å². The molecule has 0 radical (unpaired) electrons. The third-order valence-corrected chi connectivity index (χ3v) is 4.35. The summed E-state index contributed by atoms with van der Waals surface area (Å²) in [6, 6.07) is 6.03. The first-order chi connectivity index (χ1) is 8.16. The number of rotatable bonds is 3. The Morgan fingerprint density at radius 1 is 1.35 bits per heavy atom. The smallest absolute Gasteiger partial charge is 0.0574 e. The monoisotopic (exact) mass is 296 g/mol. The quantitative estimate of drug-likeness (QED) is 0.818. The van der Waals surface area contributed by atoms with Crippen LogP contribution in [-0.4, -0.2) is 6.54 Å². The van der Waals surface area contributed by atoms with Crippen LogP contribution in [0.3, 0.4) is 0 Å². The number of hydrogen-bond donors (Lipinski definition) is 2. The van der Waals surface area contributed by atoms with Gasteiger partial charge in [-0.1, -0.05) is 42.1 Å². The maximum Gasteiger partial charge on any atom is 0.0574 e. The molecule has 17 heavy (non-hydrogen) atoms. The molecule has 0 saturated heterocycles. The van der Waals surface area contributed by atoms with Crippen molar-refractivity contribution in [1.29, 1.82) is 0 Å². The molecule has 0 spiro atoms. The lowest BCUT2D eigenvalue weighted by atomic mass is 9.80. The van der Waals surface area contributed by atoms with Crippen LogP contribution >= 0.6 is 15.9 Å². The van der Waals surface area contributed by atoms with Crippen LogP contribution in [0.4, 0.5) is 11.4 Å². The number of halogens is 1. The van der Waals surface area contributed by atoms with E-state index in [1.807, 2.05) is 18.2 Å². The minimum Gasteiger partial charge on any atom is -0.397 e. The second kappa shape index (κ2) is 5.76. The van der Waals surface area contributed by atoms with Gasteiger partial charge in [0, 0.05) is 11.0 Å². The van der Waals surface area contributed by atoms with Crippen molar-refractivity contribution in [3.63, 3.8) is 0 Å². The van der Waals surface area contributed by atoms with Crippen molar-refractivity contribution in [3.8, 4) is 0 Å². The first kappa shape index (κ1) is 12.7. The average molecular weight is 297 g/mol. The number of nitrogens with one attached hydrogen (secondary N) is 1. The van der Waals surface area contributed by atoms with Gasteiger partial charge in [0.1, 0.15) is 0 Å². The van der Waals surface area contributed by atoms with E-state index in [9.17, 15) is 0 Å². The molecule has 94 valence electrons. The average Bonchev–Trinajstić information content (AvgIpc) is 2.30. The summed E-state index contributed by atoms with van der Waals surface area (Å²) in [6.07, 6.45) is 5.51. The van der Waals surface area contributed by atoms with Gasteiger partial charge in [0.25, 0.3) is 0 Å². The molecule has 3 heteroatoms. The molecule has 2 nitrogen and oxygen atoms in total. The van der Waals surface area contributed by atoms with Crippen molar-refractivity contribution in [2.45, 2.75) is 32.6 Å². The van der Waals surface area contributed by atoms with Crippen molar-refractivity contribution < 1.29 is 0 Å². The Kier molecular flexibility index (Phi) is 4.32. The molecule has 2 rings (SSSR count). The maximum absolute atomic E-state index is 5.98. The fourth-order valence-electron chi connectivity index (χ4n) is 2.63. The van der Waals surface area contributed by atoms with Gasteiger partial charge in [0.15, 0.2) is 0 Å². The van der Waals surface area contributed by atoms with E-state index in [0.717, 1.165) is 34.2 Å². The largest absolute Gasteiger partial charge is 0.397 e. The van der Waals surface area contributed by atoms with Gasteiger partial charge < -0.3 is 11.1 Å². The Bertz CT molecular complexity index is 378. The lowest BCUT2D eigenvalue weighted by Crippen LogP contribution is -2.24. The summed E-state index contributed by atoms with van der Waals surface area (Å²) in [4.78, 5) is 0. The van der Waals surface area contributed by atoms with Crippen LogP contribution in [0.5, 0.6) is 0 Å². The van der Waals surface area contributed by atoms with Crippen LogP contribution in [0.25, 0.3) is 0 Å². The number of anilines is 2. The van der Waals surface area contributed by atoms with E-state index in [-0.39, 0.29) is 0 Å². The predicted molar refractivity (Wildman–Crippen MR) is 78.2 cm³/mol. The SMILES string of the molecule is CC1CCCCC1CNc1ccc(Br)cc1N. The molecule has 2 atom stereocenters. The van der Waals surface area contributed by atoms with Crippen LogP contribution in [0.15, 0.2) is 22.7 Å². The molecule has 1 aliphatic carbocycles. The van der Waals surface area contributed by atoms with E-state index in [1.165, 1.54) is 25.7 Å². The molecule has 1 fully saturated rings. The molecule has 3 N–H and O–H groups in total. The maximum atomic E-state index is 5.98. The van der Waals surface area contributed by atoms with Gasteiger partial charge >= 0.3 is 0 Å². The zero-order valence-corrected chi connectivity index (χ0v) is 12.0. The lowest BCUT2D eigenvalue weighted by Gasteiger charge is -2.29. The highest BCUT2D eigenvalue weighted by Gasteiger charge is 2.20. The molecule has 0 amide bonds. The van der Waals surface area contributed by atoms with Gasteiger partial charge in [-0.15, -0.1) is 0 Å². The second-order valence-corrected chi connectivity index (χ2v) is 6.05. The zero-order valence-electron chi connectivity index (χ0n) is 10.4. The summed E-state index contributed by atoms with van der Waals surface area (Å²) in [5.41, 5.74) is 7.86. The van der Waals surface area contributed by atoms with Crippen LogP contribution in [0.1, 0.15) is 32.6 Å². The Morgan fingerprint density at radius 3 is 2.82 bits per heavy atom. The van der Waals surface area contributed by atoms with Gasteiger partial charge in [-0.25, -0.2) is 0 Å². The standard InChI is InChI=1S/C14H21BrN2/c1-10-4-2-3-5-11(10)9-17-14-7-6-12(15)8-13(14)16/h6-8,10-11,17H,2-5,9,16H2,1H3. The number of hydrogen-bond acceptors (Lipinski definition) is 2. The molecular formula is C14H21BrN2. The number of nitrogen functional groups attached to an aromatic ring is 1. The topological polar surface area (TPSA) is 38.0 Å². The van der Waals surface area contributed by atoms with Crippen LogP contribution in [0.2, 0.25) is 0 Å². The van der Waals surface area contributed by atoms with Crippen molar-refractivity contribution in [2.24, 2.45) is 11.8 Å². The molecule has 0 heterocycles. The summed E-state index contributed by atoms with van der Waals surface area (Å²) in [6.45, 7) is 3.42. The van der Waals surface area contributed by atoms with Gasteiger partial charge in [0.2, 0.25) is 0 Å². The molecule has 0 bridgehead atoms. The van der Waals surface area contributed by atoms with Gasteiger partial charge in [0.05, 0.1) is 11.4 Å². The number of nitrogens with two attached hydrogens (primary N) is 1. The summed E-state index contributed by atoms with van der Waals surface area (Å²) < 4.78 is 1.03. The fourth-order valence-corrected chi connectivity index (χ4v) is 3.01. The van der Waals surface area contributed by atoms with Crippen LogP contribution in [0, 0.1) is 11.8 Å². The Hall–Kier alpha value is -0.700. The van der Waals surface area contributed by atoms with Crippen LogP contribution in [-0.2, 0) is 0 Å². The summed E-state index contributed by atoms with van der Waals surface area (Å²) in [7, 11) is 0. The predicted octanol–water partition coefficient (Wildman–Crippen LogP) is 4.27. The second-order valence-electron chi connectivity index (χ2n) is 5.13. The minimum absolute atomic E-state index is 0.798. The highest BCUT2D eigenvalue weighted by atomic mass is 79.9. The molecule has 1 aromatic rings. The fraction of sp³-hybridized carbons (Fsp3) is 0.571. The molecule has 1 saturated carbocycles. The van der Waals surface area contributed by atoms with E-state index in [0.29, 0.717) is 0 Å². The first-order valence-electron chi connectivity index (χ1n) is 6.45. The van der Waals surface area contributed by atoms with Crippen LogP contribution < -0.4 is 11.1 Å². The zero-order chi connectivity index (χ0) is 12.3. The molecular weight excluding hydrogens is 276 g/mol. The van der Waals surface area contributed by atoms with Gasteiger partial charge in [-0.3, -0.25) is 0 Å². The van der Waals surface area contributed by atoms with Gasteiger partial charge in [-0.2, -0.15) is 0 Å². The van der Waals surface area contributed by atoms with Crippen molar-refractivity contribution in [1.82, 2.24) is 0 Å². The van der Waals surface area contributed by atoms with Crippen molar-refractivity contribution >= 4 is 27.3 Å². The highest BCUT2D eigenvalue weighted by molar-refractivity contribution is 9.10. The van der Waals surface area contributed by atoms with E-state index in [4.69, 9.17) is 5.73 Å². The Balaban J connectivity index is 1.92. The lowest BCUT2D eigenvalue weighted by molar-refractivity contribution is 0.268. The number of benzene rings is 1. The summed E-state index contributed by atoms with van der Waals surface area (Å²) in [5, 5.41) is 3.49. The Morgan fingerprint density at radius 2 is 2.12 bits per heavy atom. The molecule has 1 aliphatic rings. The normalized spacial score (nSPS) is 24.6. The Labute approximate surface area is 112 Å².